The summed E-state index contributed by atoms with van der Waals surface area (Å²) in [7, 11) is 1.83. The van der Waals surface area contributed by atoms with Crippen molar-refractivity contribution in [1.29, 1.82) is 0 Å². The Kier molecular flexibility index (Phi) is 3.28. The van der Waals surface area contributed by atoms with Crippen LogP contribution < -0.4 is 0 Å². The molecule has 1 amide bonds. The Morgan fingerprint density at radius 2 is 1.93 bits per heavy atom. The highest BCUT2D eigenvalue weighted by atomic mass is 16.2. The number of nitrogens with zero attached hydrogens (tertiary/aromatic N) is 1. The lowest BCUT2D eigenvalue weighted by Crippen LogP contribution is -2.27. The second-order valence-corrected chi connectivity index (χ2v) is 3.66. The molecule has 1 unspecified atom stereocenters. The minimum absolute atomic E-state index is 0.0979. The highest BCUT2D eigenvalue weighted by molar-refractivity contribution is 5.73. The van der Waals surface area contributed by atoms with Gasteiger partial charge in [0.2, 0.25) is 5.91 Å². The Morgan fingerprint density at radius 1 is 1.36 bits per heavy atom. The lowest BCUT2D eigenvalue weighted by atomic mass is 10.0. The minimum atomic E-state index is 0.0979. The predicted octanol–water partition coefficient (Wildman–Crippen LogP) is 2.53. The van der Waals surface area contributed by atoms with Gasteiger partial charge in [-0.25, -0.2) is 0 Å². The molecule has 0 fully saturated rings. The number of hydrogen-bond donors (Lipinski definition) is 0. The van der Waals surface area contributed by atoms with Crippen LogP contribution in [0, 0.1) is 6.92 Å². The molecule has 1 aromatic carbocycles. The minimum Gasteiger partial charge on any atom is -0.339 e. The van der Waals surface area contributed by atoms with E-state index < -0.39 is 0 Å². The average molecular weight is 191 g/mol. The molecule has 0 radical (unpaired) electrons. The summed E-state index contributed by atoms with van der Waals surface area (Å²) in [6.45, 7) is 5.71. The molecule has 2 heteroatoms. The molecule has 0 saturated carbocycles. The Hall–Kier alpha value is -1.31. The van der Waals surface area contributed by atoms with E-state index >= 15 is 0 Å². The van der Waals surface area contributed by atoms with E-state index in [0.29, 0.717) is 0 Å². The second kappa shape index (κ2) is 4.27. The highest BCUT2D eigenvalue weighted by Gasteiger charge is 2.14. The van der Waals surface area contributed by atoms with Crippen LogP contribution in [0.25, 0.3) is 0 Å². The van der Waals surface area contributed by atoms with Gasteiger partial charge in [-0.2, -0.15) is 0 Å². The molecule has 0 bridgehead atoms. The summed E-state index contributed by atoms with van der Waals surface area (Å²) in [4.78, 5) is 12.9. The predicted molar refractivity (Wildman–Crippen MR) is 58.0 cm³/mol. The molecule has 0 aliphatic carbocycles. The zero-order valence-corrected chi connectivity index (χ0v) is 9.24. The van der Waals surface area contributed by atoms with E-state index in [1.807, 2.05) is 26.1 Å². The van der Waals surface area contributed by atoms with Gasteiger partial charge in [0.1, 0.15) is 0 Å². The molecule has 1 aromatic rings. The third-order valence-electron chi connectivity index (χ3n) is 2.72. The topological polar surface area (TPSA) is 20.3 Å². The van der Waals surface area contributed by atoms with Crippen molar-refractivity contribution < 1.29 is 4.79 Å². The summed E-state index contributed by atoms with van der Waals surface area (Å²) >= 11 is 0. The van der Waals surface area contributed by atoms with Crippen LogP contribution in [0.2, 0.25) is 0 Å². The van der Waals surface area contributed by atoms with Gasteiger partial charge in [-0.1, -0.05) is 24.3 Å². The smallest absolute Gasteiger partial charge is 0.219 e. The molecule has 2 nitrogen and oxygen atoms in total. The van der Waals surface area contributed by atoms with Crippen molar-refractivity contribution in [2.75, 3.05) is 7.05 Å². The van der Waals surface area contributed by atoms with Gasteiger partial charge < -0.3 is 4.90 Å². The van der Waals surface area contributed by atoms with Crippen molar-refractivity contribution in [1.82, 2.24) is 4.90 Å². The number of carbonyl (C=O) groups excluding carboxylic acids is 1. The summed E-state index contributed by atoms with van der Waals surface area (Å²) in [6.07, 6.45) is 0. The SMILES string of the molecule is CC(=O)N(C)C(C)c1ccccc1C. The average Bonchev–Trinajstić information content (AvgIpc) is 2.16. The number of carbonyl (C=O) groups is 1. The molecular formula is C12H17NO. The van der Waals surface area contributed by atoms with E-state index in [1.54, 1.807) is 11.8 Å². The van der Waals surface area contributed by atoms with E-state index in [1.165, 1.54) is 11.1 Å². The standard InChI is InChI=1S/C12H17NO/c1-9-7-5-6-8-12(9)10(2)13(4)11(3)14/h5-8,10H,1-4H3. The van der Waals surface area contributed by atoms with Gasteiger partial charge in [0, 0.05) is 14.0 Å². The van der Waals surface area contributed by atoms with E-state index in [-0.39, 0.29) is 11.9 Å². The number of rotatable bonds is 2. The molecule has 0 aliphatic heterocycles. The van der Waals surface area contributed by atoms with Crippen molar-refractivity contribution in [3.63, 3.8) is 0 Å². The zero-order valence-electron chi connectivity index (χ0n) is 9.24. The summed E-state index contributed by atoms with van der Waals surface area (Å²) < 4.78 is 0. The summed E-state index contributed by atoms with van der Waals surface area (Å²) in [5, 5.41) is 0. The third-order valence-corrected chi connectivity index (χ3v) is 2.72. The molecule has 1 atom stereocenters. The Bertz CT molecular complexity index is 333. The third kappa shape index (κ3) is 2.13. The van der Waals surface area contributed by atoms with Crippen LogP contribution in [0.1, 0.15) is 31.0 Å². The number of aryl methyl sites for hydroxylation is 1. The van der Waals surface area contributed by atoms with Gasteiger partial charge in [0.25, 0.3) is 0 Å². The lowest BCUT2D eigenvalue weighted by molar-refractivity contribution is -0.129. The van der Waals surface area contributed by atoms with E-state index in [9.17, 15) is 4.79 Å². The van der Waals surface area contributed by atoms with Crippen LogP contribution in [-0.4, -0.2) is 17.9 Å². The quantitative estimate of drug-likeness (QED) is 0.703. The largest absolute Gasteiger partial charge is 0.339 e. The molecule has 0 spiro atoms. The van der Waals surface area contributed by atoms with Gasteiger partial charge in [-0.3, -0.25) is 4.79 Å². The fourth-order valence-electron chi connectivity index (χ4n) is 1.54. The highest BCUT2D eigenvalue weighted by Crippen LogP contribution is 2.21. The molecule has 0 N–H and O–H groups in total. The summed E-state index contributed by atoms with van der Waals surface area (Å²) in [5.74, 6) is 0.0979. The van der Waals surface area contributed by atoms with Crippen LogP contribution in [0.4, 0.5) is 0 Å². The van der Waals surface area contributed by atoms with E-state index in [0.717, 1.165) is 0 Å². The van der Waals surface area contributed by atoms with Gasteiger partial charge in [-0.15, -0.1) is 0 Å². The molecule has 14 heavy (non-hydrogen) atoms. The zero-order chi connectivity index (χ0) is 10.7. The van der Waals surface area contributed by atoms with Crippen LogP contribution in [0.5, 0.6) is 0 Å². The Labute approximate surface area is 85.5 Å². The van der Waals surface area contributed by atoms with Crippen molar-refractivity contribution in [2.45, 2.75) is 26.8 Å². The van der Waals surface area contributed by atoms with Crippen molar-refractivity contribution in [3.8, 4) is 0 Å². The number of hydrogen-bond acceptors (Lipinski definition) is 1. The first-order valence-electron chi connectivity index (χ1n) is 4.83. The first-order valence-corrected chi connectivity index (χ1v) is 4.83. The molecule has 0 aliphatic rings. The van der Waals surface area contributed by atoms with Gasteiger partial charge in [0.05, 0.1) is 6.04 Å². The number of benzene rings is 1. The first-order chi connectivity index (χ1) is 6.54. The van der Waals surface area contributed by atoms with E-state index in [2.05, 4.69) is 19.1 Å². The fraction of sp³-hybridized carbons (Fsp3) is 0.417. The maximum atomic E-state index is 11.2. The molecule has 1 rings (SSSR count). The lowest BCUT2D eigenvalue weighted by Gasteiger charge is -2.25. The maximum absolute atomic E-state index is 11.2. The van der Waals surface area contributed by atoms with Crippen molar-refractivity contribution in [3.05, 3.63) is 35.4 Å². The van der Waals surface area contributed by atoms with Gasteiger partial charge in [0.15, 0.2) is 0 Å². The molecule has 76 valence electrons. The van der Waals surface area contributed by atoms with Gasteiger partial charge >= 0.3 is 0 Å². The molecule has 0 aromatic heterocycles. The van der Waals surface area contributed by atoms with Crippen molar-refractivity contribution in [2.24, 2.45) is 0 Å². The molecular weight excluding hydrogens is 174 g/mol. The Balaban J connectivity index is 2.94. The van der Waals surface area contributed by atoms with Crippen LogP contribution in [0.3, 0.4) is 0 Å². The number of amides is 1. The van der Waals surface area contributed by atoms with E-state index in [4.69, 9.17) is 0 Å². The Morgan fingerprint density at radius 3 is 2.43 bits per heavy atom. The normalized spacial score (nSPS) is 12.3. The molecule has 0 heterocycles. The van der Waals surface area contributed by atoms with Crippen molar-refractivity contribution >= 4 is 5.91 Å². The van der Waals surface area contributed by atoms with Crippen LogP contribution >= 0.6 is 0 Å². The van der Waals surface area contributed by atoms with Gasteiger partial charge in [-0.05, 0) is 25.0 Å². The maximum Gasteiger partial charge on any atom is 0.219 e. The monoisotopic (exact) mass is 191 g/mol. The van der Waals surface area contributed by atoms with Crippen LogP contribution in [-0.2, 0) is 4.79 Å². The first kappa shape index (κ1) is 10.8. The van der Waals surface area contributed by atoms with Crippen LogP contribution in [0.15, 0.2) is 24.3 Å². The summed E-state index contributed by atoms with van der Waals surface area (Å²) in [6, 6.07) is 8.31. The fourth-order valence-corrected chi connectivity index (χ4v) is 1.54. The molecule has 0 saturated heterocycles. The summed E-state index contributed by atoms with van der Waals surface area (Å²) in [5.41, 5.74) is 2.44. The second-order valence-electron chi connectivity index (χ2n) is 3.66.